The van der Waals surface area contributed by atoms with E-state index in [0.29, 0.717) is 0 Å². The van der Waals surface area contributed by atoms with E-state index in [1.807, 2.05) is 6.07 Å². The molecule has 0 aliphatic heterocycles. The van der Waals surface area contributed by atoms with Crippen LogP contribution in [-0.2, 0) is 10.9 Å². The van der Waals surface area contributed by atoms with Crippen molar-refractivity contribution < 1.29 is 8.42 Å². The van der Waals surface area contributed by atoms with E-state index >= 15 is 0 Å². The minimum absolute atomic E-state index is 0.128. The zero-order valence-corrected chi connectivity index (χ0v) is 7.97. The summed E-state index contributed by atoms with van der Waals surface area (Å²) in [6, 6.07) is 6.35. The van der Waals surface area contributed by atoms with Crippen LogP contribution in [0.5, 0.6) is 0 Å². The van der Waals surface area contributed by atoms with Gasteiger partial charge in [-0.05, 0) is 12.1 Å². The van der Waals surface area contributed by atoms with Crippen molar-refractivity contribution in [3.63, 3.8) is 0 Å². The molecular weight excluding hydrogens is 212 g/mol. The molecule has 68 valence electrons. The van der Waals surface area contributed by atoms with Gasteiger partial charge in [0.1, 0.15) is 6.07 Å². The van der Waals surface area contributed by atoms with Gasteiger partial charge in [0.05, 0.1) is 16.3 Å². The van der Waals surface area contributed by atoms with Gasteiger partial charge in [0, 0.05) is 0 Å². The first-order valence-corrected chi connectivity index (χ1v) is 4.80. The van der Waals surface area contributed by atoms with E-state index in [2.05, 4.69) is 4.72 Å². The fourth-order valence-electron chi connectivity index (χ4n) is 0.829. The van der Waals surface area contributed by atoms with Crippen molar-refractivity contribution >= 4 is 28.2 Å². The molecule has 1 aromatic rings. The van der Waals surface area contributed by atoms with Gasteiger partial charge in [-0.15, -0.1) is 0 Å². The molecule has 4 nitrogen and oxygen atoms in total. The van der Waals surface area contributed by atoms with E-state index in [1.54, 1.807) is 6.07 Å². The van der Waals surface area contributed by atoms with Crippen LogP contribution < -0.4 is 4.72 Å². The van der Waals surface area contributed by atoms with E-state index in [-0.39, 0.29) is 16.3 Å². The van der Waals surface area contributed by atoms with E-state index in [9.17, 15) is 8.42 Å². The first-order valence-electron chi connectivity index (χ1n) is 3.25. The quantitative estimate of drug-likeness (QED) is 0.729. The van der Waals surface area contributed by atoms with Crippen LogP contribution in [0.4, 0.5) is 5.69 Å². The minimum Gasteiger partial charge on any atom is -0.284 e. The number of nitrogens with zero attached hydrogens (tertiary/aromatic N) is 1. The molecule has 0 fully saturated rings. The van der Waals surface area contributed by atoms with Gasteiger partial charge in [0.2, 0.25) is 10.9 Å². The smallest absolute Gasteiger partial charge is 0.222 e. The Morgan fingerprint density at radius 3 is 2.69 bits per heavy atom. The summed E-state index contributed by atoms with van der Waals surface area (Å²) in [7, 11) is -2.77. The number of nitriles is 1. The van der Waals surface area contributed by atoms with Crippen LogP contribution in [0.1, 0.15) is 5.56 Å². The normalized spacial score (nSPS) is 9.62. The second-order valence-corrected chi connectivity index (χ2v) is 3.29. The Morgan fingerprint density at radius 2 is 2.15 bits per heavy atom. The Kier molecular flexibility index (Phi) is 3.12. The zero-order chi connectivity index (χ0) is 9.84. The van der Waals surface area contributed by atoms with Crippen molar-refractivity contribution in [2.24, 2.45) is 0 Å². The van der Waals surface area contributed by atoms with Crippen LogP contribution in [0.3, 0.4) is 0 Å². The van der Waals surface area contributed by atoms with Gasteiger partial charge in [-0.25, -0.2) is 8.42 Å². The lowest BCUT2D eigenvalue weighted by molar-refractivity contribution is 0.619. The molecule has 0 atom stereocenters. The second kappa shape index (κ2) is 4.12. The fourth-order valence-corrected chi connectivity index (χ4v) is 1.43. The molecule has 6 heteroatoms. The molecule has 0 spiro atoms. The highest BCUT2D eigenvalue weighted by Crippen LogP contribution is 2.22. The minimum atomic E-state index is -2.77. The zero-order valence-electron chi connectivity index (χ0n) is 6.32. The Morgan fingerprint density at radius 1 is 1.46 bits per heavy atom. The summed E-state index contributed by atoms with van der Waals surface area (Å²) in [5.74, 6) is 0. The molecule has 0 heterocycles. The summed E-state index contributed by atoms with van der Waals surface area (Å²) in [5, 5.41) is 8.87. The van der Waals surface area contributed by atoms with E-state index in [4.69, 9.17) is 16.9 Å². The lowest BCUT2D eigenvalue weighted by Crippen LogP contribution is -1.97. The van der Waals surface area contributed by atoms with Crippen molar-refractivity contribution in [1.29, 1.82) is 5.26 Å². The van der Waals surface area contributed by atoms with Crippen LogP contribution in [0.25, 0.3) is 0 Å². The topological polar surface area (TPSA) is 70.0 Å². The first kappa shape index (κ1) is 9.84. The average molecular weight is 217 g/mol. The molecule has 0 unspecified atom stereocenters. The van der Waals surface area contributed by atoms with E-state index in [0.717, 1.165) is 0 Å². The highest BCUT2D eigenvalue weighted by Gasteiger charge is 2.05. The standard InChI is InChI=1S/C7H5ClN2O2S/c8-6-2-1-3-7(5(6)4-9)10-13(11)12/h1-3,13H,(H,10,11,12). The van der Waals surface area contributed by atoms with Gasteiger partial charge in [-0.2, -0.15) is 5.26 Å². The largest absolute Gasteiger partial charge is 0.284 e. The summed E-state index contributed by atoms with van der Waals surface area (Å²) < 4.78 is 22.8. The molecular formula is C7H5ClN2O2S. The molecule has 0 amide bonds. The van der Waals surface area contributed by atoms with Gasteiger partial charge in [0.15, 0.2) is 0 Å². The van der Waals surface area contributed by atoms with E-state index < -0.39 is 10.9 Å². The third-order valence-electron chi connectivity index (χ3n) is 1.34. The highest BCUT2D eigenvalue weighted by atomic mass is 35.5. The monoisotopic (exact) mass is 216 g/mol. The average Bonchev–Trinajstić information content (AvgIpc) is 2.03. The Hall–Kier alpha value is -1.25. The molecule has 1 N–H and O–H groups in total. The lowest BCUT2D eigenvalue weighted by atomic mass is 10.2. The molecule has 0 saturated carbocycles. The molecule has 0 aliphatic carbocycles. The second-order valence-electron chi connectivity index (χ2n) is 2.14. The van der Waals surface area contributed by atoms with Crippen molar-refractivity contribution in [3.8, 4) is 6.07 Å². The van der Waals surface area contributed by atoms with Crippen molar-refractivity contribution in [3.05, 3.63) is 28.8 Å². The molecule has 0 bridgehead atoms. The van der Waals surface area contributed by atoms with Gasteiger partial charge in [-0.3, -0.25) is 4.72 Å². The van der Waals surface area contributed by atoms with Crippen LogP contribution in [-0.4, -0.2) is 8.42 Å². The Balaban J connectivity index is 3.22. The maximum Gasteiger partial charge on any atom is 0.222 e. The lowest BCUT2D eigenvalue weighted by Gasteiger charge is -2.01. The number of halogens is 1. The number of benzene rings is 1. The molecule has 13 heavy (non-hydrogen) atoms. The van der Waals surface area contributed by atoms with Gasteiger partial charge in [-0.1, -0.05) is 17.7 Å². The van der Waals surface area contributed by atoms with E-state index in [1.165, 1.54) is 12.1 Å². The van der Waals surface area contributed by atoms with Crippen LogP contribution in [0.2, 0.25) is 5.02 Å². The van der Waals surface area contributed by atoms with Crippen LogP contribution in [0, 0.1) is 11.3 Å². The van der Waals surface area contributed by atoms with Crippen molar-refractivity contribution in [2.75, 3.05) is 4.72 Å². The number of nitrogens with one attached hydrogen (secondary N) is 1. The number of rotatable bonds is 2. The maximum absolute atomic E-state index is 10.3. The Labute approximate surface area is 81.8 Å². The number of hydrogen-bond acceptors (Lipinski definition) is 3. The molecule has 0 aliphatic rings. The summed E-state index contributed by atoms with van der Waals surface area (Å²) in [5.41, 5.74) is 0.328. The molecule has 0 aromatic heterocycles. The summed E-state index contributed by atoms with van der Waals surface area (Å²) in [4.78, 5) is 0. The highest BCUT2D eigenvalue weighted by molar-refractivity contribution is 7.73. The third-order valence-corrected chi connectivity index (χ3v) is 2.08. The summed E-state index contributed by atoms with van der Waals surface area (Å²) in [6.07, 6.45) is 0. The number of anilines is 1. The number of hydrogen-bond donors (Lipinski definition) is 2. The summed E-state index contributed by atoms with van der Waals surface area (Å²) in [6.45, 7) is 0. The van der Waals surface area contributed by atoms with Crippen molar-refractivity contribution in [1.82, 2.24) is 0 Å². The predicted molar refractivity (Wildman–Crippen MR) is 50.1 cm³/mol. The molecule has 0 saturated heterocycles. The molecule has 1 rings (SSSR count). The molecule has 1 aromatic carbocycles. The van der Waals surface area contributed by atoms with Gasteiger partial charge < -0.3 is 0 Å². The SMILES string of the molecule is N#Cc1c(Cl)cccc1N[SH](=O)=O. The fraction of sp³-hybridized carbons (Fsp3) is 0. The van der Waals surface area contributed by atoms with Crippen LogP contribution >= 0.6 is 11.6 Å². The van der Waals surface area contributed by atoms with Crippen molar-refractivity contribution in [2.45, 2.75) is 0 Å². The summed E-state index contributed by atoms with van der Waals surface area (Å²) >= 11 is 5.65. The first-order chi connectivity index (χ1) is 6.15. The number of thiol groups is 1. The van der Waals surface area contributed by atoms with Gasteiger partial charge in [0.25, 0.3) is 0 Å². The molecule has 0 radical (unpaired) electrons. The Bertz CT molecular complexity index is 429. The third kappa shape index (κ3) is 2.34. The predicted octanol–water partition coefficient (Wildman–Crippen LogP) is 1.15. The van der Waals surface area contributed by atoms with Gasteiger partial charge >= 0.3 is 0 Å². The van der Waals surface area contributed by atoms with Crippen LogP contribution in [0.15, 0.2) is 18.2 Å². The maximum atomic E-state index is 10.3.